The number of carbonyl (C=O) groups excluding carboxylic acids is 1. The van der Waals surface area contributed by atoms with E-state index in [9.17, 15) is 4.79 Å². The van der Waals surface area contributed by atoms with E-state index in [1.165, 1.54) is 0 Å². The van der Waals surface area contributed by atoms with E-state index in [1.54, 1.807) is 30.7 Å². The van der Waals surface area contributed by atoms with Crippen LogP contribution in [-0.4, -0.2) is 21.2 Å². The summed E-state index contributed by atoms with van der Waals surface area (Å²) >= 11 is 0. The summed E-state index contributed by atoms with van der Waals surface area (Å²) in [7, 11) is 0. The van der Waals surface area contributed by atoms with Crippen molar-refractivity contribution in [3.05, 3.63) is 66.1 Å². The van der Waals surface area contributed by atoms with E-state index in [0.717, 1.165) is 28.8 Å². The van der Waals surface area contributed by atoms with Gasteiger partial charge in [0.1, 0.15) is 6.29 Å². The molecule has 3 aromatic rings. The number of nitrogens with one attached hydrogen (secondary N) is 1. The van der Waals surface area contributed by atoms with Crippen LogP contribution in [0.4, 0.5) is 11.6 Å². The topological polar surface area (TPSA) is 67.8 Å². The fourth-order valence-electron chi connectivity index (χ4n) is 2.06. The van der Waals surface area contributed by atoms with Gasteiger partial charge in [-0.2, -0.15) is 0 Å². The quantitative estimate of drug-likeness (QED) is 0.746. The average molecular weight is 290 g/mol. The van der Waals surface area contributed by atoms with Gasteiger partial charge in [-0.05, 0) is 36.8 Å². The number of nitrogens with zero attached hydrogens (tertiary/aromatic N) is 3. The molecule has 1 aromatic carbocycles. The molecule has 0 aliphatic heterocycles. The molecule has 2 heterocycles. The average Bonchev–Trinajstić information content (AvgIpc) is 2.58. The van der Waals surface area contributed by atoms with Crippen LogP contribution < -0.4 is 5.32 Å². The van der Waals surface area contributed by atoms with Crippen LogP contribution in [0.2, 0.25) is 0 Å². The standard InChI is InChI=1S/C17H14N4O/c1-12-4-5-13(11-22)9-16(12)21-17-19-8-6-15(20-17)14-3-2-7-18-10-14/h2-11H,1H3,(H,19,20,21). The monoisotopic (exact) mass is 290 g/mol. The second-order valence-corrected chi connectivity index (χ2v) is 4.82. The number of pyridine rings is 1. The normalized spacial score (nSPS) is 10.2. The highest BCUT2D eigenvalue weighted by atomic mass is 16.1. The Labute approximate surface area is 128 Å². The van der Waals surface area contributed by atoms with Gasteiger partial charge in [0.2, 0.25) is 5.95 Å². The minimum absolute atomic E-state index is 0.479. The van der Waals surface area contributed by atoms with Crippen molar-refractivity contribution in [1.29, 1.82) is 0 Å². The Balaban J connectivity index is 1.92. The van der Waals surface area contributed by atoms with Crippen molar-refractivity contribution in [3.63, 3.8) is 0 Å². The number of carbonyl (C=O) groups is 1. The van der Waals surface area contributed by atoms with Gasteiger partial charge in [-0.3, -0.25) is 9.78 Å². The zero-order valence-corrected chi connectivity index (χ0v) is 12.0. The van der Waals surface area contributed by atoms with Crippen LogP contribution in [0.25, 0.3) is 11.3 Å². The zero-order chi connectivity index (χ0) is 15.4. The molecule has 0 saturated carbocycles. The molecule has 0 atom stereocenters. The summed E-state index contributed by atoms with van der Waals surface area (Å²) in [6.07, 6.45) is 5.98. The van der Waals surface area contributed by atoms with E-state index < -0.39 is 0 Å². The maximum absolute atomic E-state index is 10.9. The Morgan fingerprint density at radius 3 is 2.82 bits per heavy atom. The first-order valence-corrected chi connectivity index (χ1v) is 6.82. The molecule has 1 N–H and O–H groups in total. The summed E-state index contributed by atoms with van der Waals surface area (Å²) in [5.74, 6) is 0.479. The number of aryl methyl sites for hydroxylation is 1. The summed E-state index contributed by atoms with van der Waals surface area (Å²) in [5.41, 5.74) is 4.14. The van der Waals surface area contributed by atoms with Gasteiger partial charge < -0.3 is 5.32 Å². The van der Waals surface area contributed by atoms with E-state index in [0.29, 0.717) is 11.5 Å². The lowest BCUT2D eigenvalue weighted by Gasteiger charge is -2.09. The van der Waals surface area contributed by atoms with Gasteiger partial charge in [-0.1, -0.05) is 12.1 Å². The maximum atomic E-state index is 10.9. The van der Waals surface area contributed by atoms with Crippen molar-refractivity contribution in [2.75, 3.05) is 5.32 Å². The first-order valence-electron chi connectivity index (χ1n) is 6.82. The van der Waals surface area contributed by atoms with E-state index in [2.05, 4.69) is 20.3 Å². The Hall–Kier alpha value is -3.08. The Morgan fingerprint density at radius 2 is 2.05 bits per heavy atom. The fraction of sp³-hybridized carbons (Fsp3) is 0.0588. The van der Waals surface area contributed by atoms with Crippen molar-refractivity contribution in [2.45, 2.75) is 6.92 Å². The van der Waals surface area contributed by atoms with E-state index in [1.807, 2.05) is 31.2 Å². The third kappa shape index (κ3) is 2.98. The molecule has 0 spiro atoms. The summed E-state index contributed by atoms with van der Waals surface area (Å²) in [6, 6.07) is 11.1. The zero-order valence-electron chi connectivity index (χ0n) is 12.0. The van der Waals surface area contributed by atoms with Crippen molar-refractivity contribution < 1.29 is 4.79 Å². The van der Waals surface area contributed by atoms with Crippen LogP contribution in [0, 0.1) is 6.92 Å². The van der Waals surface area contributed by atoms with Crippen molar-refractivity contribution in [2.24, 2.45) is 0 Å². The second kappa shape index (κ2) is 6.13. The van der Waals surface area contributed by atoms with Gasteiger partial charge >= 0.3 is 0 Å². The number of rotatable bonds is 4. The SMILES string of the molecule is Cc1ccc(C=O)cc1Nc1nccc(-c2cccnc2)n1. The minimum Gasteiger partial charge on any atom is -0.324 e. The predicted octanol–water partition coefficient (Wildman–Crippen LogP) is 3.40. The largest absolute Gasteiger partial charge is 0.324 e. The summed E-state index contributed by atoms with van der Waals surface area (Å²) in [4.78, 5) is 23.7. The number of aldehydes is 1. The number of anilines is 2. The molecule has 0 radical (unpaired) electrons. The summed E-state index contributed by atoms with van der Waals surface area (Å²) in [6.45, 7) is 1.96. The second-order valence-electron chi connectivity index (χ2n) is 4.82. The van der Waals surface area contributed by atoms with Gasteiger partial charge in [0.05, 0.1) is 5.69 Å². The van der Waals surface area contributed by atoms with E-state index in [4.69, 9.17) is 0 Å². The van der Waals surface area contributed by atoms with Gasteiger partial charge in [-0.15, -0.1) is 0 Å². The molecule has 5 nitrogen and oxygen atoms in total. The lowest BCUT2D eigenvalue weighted by Crippen LogP contribution is -2.00. The maximum Gasteiger partial charge on any atom is 0.227 e. The van der Waals surface area contributed by atoms with Crippen molar-refractivity contribution in [1.82, 2.24) is 15.0 Å². The third-order valence-corrected chi connectivity index (χ3v) is 3.26. The lowest BCUT2D eigenvalue weighted by atomic mass is 10.1. The van der Waals surface area contributed by atoms with Crippen LogP contribution in [0.3, 0.4) is 0 Å². The van der Waals surface area contributed by atoms with Gasteiger partial charge in [0.15, 0.2) is 0 Å². The first kappa shape index (κ1) is 13.9. The Morgan fingerprint density at radius 1 is 1.14 bits per heavy atom. The molecule has 108 valence electrons. The smallest absolute Gasteiger partial charge is 0.227 e. The minimum atomic E-state index is 0.479. The van der Waals surface area contributed by atoms with Crippen molar-refractivity contribution in [3.8, 4) is 11.3 Å². The molecule has 2 aromatic heterocycles. The highest BCUT2D eigenvalue weighted by Gasteiger charge is 2.05. The highest BCUT2D eigenvalue weighted by molar-refractivity contribution is 5.78. The molecule has 3 rings (SSSR count). The third-order valence-electron chi connectivity index (χ3n) is 3.26. The Kier molecular flexibility index (Phi) is 3.87. The molecule has 0 fully saturated rings. The summed E-state index contributed by atoms with van der Waals surface area (Å²) in [5, 5.41) is 3.16. The molecule has 0 aliphatic rings. The summed E-state index contributed by atoms with van der Waals surface area (Å²) < 4.78 is 0. The van der Waals surface area contributed by atoms with Crippen LogP contribution in [0.15, 0.2) is 55.0 Å². The fourth-order valence-corrected chi connectivity index (χ4v) is 2.06. The number of hydrogen-bond acceptors (Lipinski definition) is 5. The van der Waals surface area contributed by atoms with E-state index in [-0.39, 0.29) is 0 Å². The van der Waals surface area contributed by atoms with Crippen LogP contribution in [0.5, 0.6) is 0 Å². The predicted molar refractivity (Wildman–Crippen MR) is 85.1 cm³/mol. The highest BCUT2D eigenvalue weighted by Crippen LogP contribution is 2.21. The van der Waals surface area contributed by atoms with Crippen LogP contribution in [-0.2, 0) is 0 Å². The van der Waals surface area contributed by atoms with E-state index >= 15 is 0 Å². The van der Waals surface area contributed by atoms with Gasteiger partial charge in [0.25, 0.3) is 0 Å². The molecule has 0 amide bonds. The van der Waals surface area contributed by atoms with Gasteiger partial charge in [-0.25, -0.2) is 9.97 Å². The molecular weight excluding hydrogens is 276 g/mol. The number of benzene rings is 1. The number of aromatic nitrogens is 3. The van der Waals surface area contributed by atoms with Gasteiger partial charge in [0, 0.05) is 35.4 Å². The molecule has 0 unspecified atom stereocenters. The van der Waals surface area contributed by atoms with Crippen LogP contribution >= 0.6 is 0 Å². The molecule has 5 heteroatoms. The molecular formula is C17H14N4O. The molecule has 22 heavy (non-hydrogen) atoms. The van der Waals surface area contributed by atoms with Crippen molar-refractivity contribution >= 4 is 17.9 Å². The molecule has 0 saturated heterocycles. The molecule has 0 bridgehead atoms. The first-order chi connectivity index (χ1) is 10.8. The molecule has 0 aliphatic carbocycles. The Bertz CT molecular complexity index is 803. The lowest BCUT2D eigenvalue weighted by molar-refractivity contribution is 0.112. The number of hydrogen-bond donors (Lipinski definition) is 1. The van der Waals surface area contributed by atoms with Crippen LogP contribution in [0.1, 0.15) is 15.9 Å².